The molecule has 0 fully saturated rings. The summed E-state index contributed by atoms with van der Waals surface area (Å²) in [4.78, 5) is 34.5. The maximum atomic E-state index is 12.5. The van der Waals surface area contributed by atoms with E-state index in [2.05, 4.69) is 16.7 Å². The summed E-state index contributed by atoms with van der Waals surface area (Å²) in [6.07, 6.45) is 6.99. The van der Waals surface area contributed by atoms with Gasteiger partial charge in [0.25, 0.3) is 0 Å². The first kappa shape index (κ1) is 26.2. The lowest BCUT2D eigenvalue weighted by atomic mass is 9.92. The fraction of sp³-hybridized carbons (Fsp3) is 0.207. The highest BCUT2D eigenvalue weighted by Gasteiger charge is 2.10. The number of aromatic carboxylic acids is 1. The van der Waals surface area contributed by atoms with E-state index in [1.165, 1.54) is 0 Å². The number of urea groups is 1. The fourth-order valence-corrected chi connectivity index (χ4v) is 3.84. The van der Waals surface area contributed by atoms with Crippen LogP contribution in [-0.2, 0) is 11.2 Å². The second-order valence-corrected chi connectivity index (χ2v) is 8.50. The van der Waals surface area contributed by atoms with E-state index in [-0.39, 0.29) is 23.9 Å². The highest BCUT2D eigenvalue weighted by molar-refractivity contribution is 6.00. The second kappa shape index (κ2) is 13.5. The lowest BCUT2D eigenvalue weighted by molar-refractivity contribution is -0.137. The van der Waals surface area contributed by atoms with Crippen LogP contribution in [-0.4, -0.2) is 28.2 Å². The number of amides is 2. The van der Waals surface area contributed by atoms with Crippen LogP contribution < -0.4 is 10.6 Å². The number of carboxylic acid groups (broad SMARTS) is 2. The molecule has 7 heteroatoms. The average Bonchev–Trinajstić information content (AvgIpc) is 2.86. The van der Waals surface area contributed by atoms with Gasteiger partial charge in [0.2, 0.25) is 0 Å². The average molecular weight is 487 g/mol. The molecule has 36 heavy (non-hydrogen) atoms. The van der Waals surface area contributed by atoms with Crippen LogP contribution in [0.3, 0.4) is 0 Å². The third-order valence-corrected chi connectivity index (χ3v) is 5.70. The maximum absolute atomic E-state index is 12.5. The van der Waals surface area contributed by atoms with E-state index >= 15 is 0 Å². The summed E-state index contributed by atoms with van der Waals surface area (Å²) in [5.41, 5.74) is 3.44. The number of hydrogen-bond acceptors (Lipinski definition) is 3. The molecule has 0 aliphatic carbocycles. The first-order valence-corrected chi connectivity index (χ1v) is 11.8. The number of rotatable bonds is 12. The number of aliphatic carboxylic acids is 1. The Kier molecular flexibility index (Phi) is 9.82. The van der Waals surface area contributed by atoms with Gasteiger partial charge in [-0.2, -0.15) is 0 Å². The van der Waals surface area contributed by atoms with E-state index in [0.717, 1.165) is 24.0 Å². The minimum absolute atomic E-state index is 0.112. The molecular formula is C29H30N2O5. The van der Waals surface area contributed by atoms with Gasteiger partial charge in [-0.05, 0) is 66.6 Å². The summed E-state index contributed by atoms with van der Waals surface area (Å²) >= 11 is 0. The Balaban J connectivity index is 1.71. The lowest BCUT2D eigenvalue weighted by Gasteiger charge is -2.14. The fourth-order valence-electron chi connectivity index (χ4n) is 3.84. The highest BCUT2D eigenvalue weighted by Crippen LogP contribution is 2.23. The highest BCUT2D eigenvalue weighted by atomic mass is 16.4. The first-order valence-electron chi connectivity index (χ1n) is 11.8. The zero-order valence-electron chi connectivity index (χ0n) is 19.9. The van der Waals surface area contributed by atoms with Crippen molar-refractivity contribution in [2.24, 2.45) is 5.92 Å². The molecule has 0 bridgehead atoms. The molecule has 3 rings (SSSR count). The van der Waals surface area contributed by atoms with Crippen molar-refractivity contribution in [1.29, 1.82) is 0 Å². The predicted octanol–water partition coefficient (Wildman–Crippen LogP) is 6.55. The Bertz CT molecular complexity index is 1190. The van der Waals surface area contributed by atoms with Gasteiger partial charge >= 0.3 is 18.0 Å². The smallest absolute Gasteiger partial charge is 0.335 e. The number of carboxylic acids is 2. The van der Waals surface area contributed by atoms with Crippen LogP contribution >= 0.6 is 0 Å². The molecular weight excluding hydrogens is 456 g/mol. The van der Waals surface area contributed by atoms with Gasteiger partial charge in [0.15, 0.2) is 0 Å². The molecule has 1 atom stereocenters. The van der Waals surface area contributed by atoms with Gasteiger partial charge in [-0.15, -0.1) is 0 Å². The number of unbranched alkanes of at least 4 members (excludes halogenated alkanes) is 1. The van der Waals surface area contributed by atoms with Gasteiger partial charge in [-0.3, -0.25) is 4.79 Å². The number of benzene rings is 3. The second-order valence-electron chi connectivity index (χ2n) is 8.50. The number of hydrogen-bond donors (Lipinski definition) is 4. The number of carbonyl (C=O) groups excluding carboxylic acids is 1. The molecule has 0 aliphatic heterocycles. The number of carbonyl (C=O) groups is 3. The monoisotopic (exact) mass is 486 g/mol. The van der Waals surface area contributed by atoms with E-state index < -0.39 is 11.9 Å². The number of anilines is 2. The van der Waals surface area contributed by atoms with Gasteiger partial charge in [-0.1, -0.05) is 67.1 Å². The molecule has 2 amide bonds. The largest absolute Gasteiger partial charge is 0.481 e. The van der Waals surface area contributed by atoms with Crippen LogP contribution in [0.15, 0.2) is 84.9 Å². The molecule has 0 aromatic heterocycles. The van der Waals surface area contributed by atoms with Crippen LogP contribution in [0.5, 0.6) is 0 Å². The molecule has 3 aromatic rings. The van der Waals surface area contributed by atoms with E-state index in [4.69, 9.17) is 10.2 Å². The number of para-hydroxylation sites is 2. The quantitative estimate of drug-likeness (QED) is 0.217. The number of nitrogens with one attached hydrogen (secondary N) is 2. The molecule has 0 saturated heterocycles. The van der Waals surface area contributed by atoms with E-state index in [0.29, 0.717) is 24.2 Å². The van der Waals surface area contributed by atoms with Crippen molar-refractivity contribution in [2.45, 2.75) is 32.1 Å². The minimum atomic E-state index is -0.966. The first-order chi connectivity index (χ1) is 17.4. The predicted molar refractivity (Wildman–Crippen MR) is 141 cm³/mol. The third-order valence-electron chi connectivity index (χ3n) is 5.70. The van der Waals surface area contributed by atoms with Crippen molar-refractivity contribution >= 4 is 35.4 Å². The lowest BCUT2D eigenvalue weighted by Crippen LogP contribution is -2.19. The van der Waals surface area contributed by atoms with Gasteiger partial charge < -0.3 is 20.8 Å². The molecule has 0 aliphatic rings. The zero-order chi connectivity index (χ0) is 25.8. The Labute approximate surface area is 210 Å². The van der Waals surface area contributed by atoms with E-state index in [1.807, 2.05) is 72.8 Å². The van der Waals surface area contributed by atoms with Crippen molar-refractivity contribution in [3.8, 4) is 0 Å². The Morgan fingerprint density at radius 1 is 0.806 bits per heavy atom. The van der Waals surface area contributed by atoms with E-state index in [1.54, 1.807) is 12.1 Å². The molecule has 1 unspecified atom stereocenters. The Hall–Kier alpha value is -4.39. The molecule has 7 nitrogen and oxygen atoms in total. The van der Waals surface area contributed by atoms with Crippen LogP contribution in [0.4, 0.5) is 16.2 Å². The Morgan fingerprint density at radius 2 is 1.50 bits per heavy atom. The van der Waals surface area contributed by atoms with Crippen LogP contribution in [0.1, 0.15) is 47.2 Å². The molecule has 3 aromatic carbocycles. The van der Waals surface area contributed by atoms with Gasteiger partial charge in [0.05, 0.1) is 5.56 Å². The molecule has 4 N–H and O–H groups in total. The maximum Gasteiger partial charge on any atom is 0.335 e. The van der Waals surface area contributed by atoms with Gasteiger partial charge in [0.1, 0.15) is 0 Å². The summed E-state index contributed by atoms with van der Waals surface area (Å²) in [5, 5.41) is 23.8. The summed E-state index contributed by atoms with van der Waals surface area (Å²) in [5.74, 6) is -1.66. The molecule has 186 valence electrons. The summed E-state index contributed by atoms with van der Waals surface area (Å²) in [6, 6.07) is 23.1. The van der Waals surface area contributed by atoms with Crippen LogP contribution in [0.2, 0.25) is 0 Å². The standard InChI is InChI=1S/C29H30N2O5/c32-27(33)13-7-4-8-21(20-22-15-18-24(19-16-22)28(34)35)14-17-23-9-5-6-12-26(23)31-29(36)30-25-10-2-1-3-11-25/h1-3,5-6,9-12,14-19,21H,4,7-8,13,20H2,(H,32,33)(H,34,35)(H2,30,31,36). The van der Waals surface area contributed by atoms with Crippen molar-refractivity contribution in [3.63, 3.8) is 0 Å². The SMILES string of the molecule is O=C(O)CCCCC(C=Cc1ccccc1NC(=O)Nc1ccccc1)Cc1ccc(C(=O)O)cc1. The van der Waals surface area contributed by atoms with Crippen molar-refractivity contribution < 1.29 is 24.6 Å². The van der Waals surface area contributed by atoms with Crippen LogP contribution in [0.25, 0.3) is 6.08 Å². The Morgan fingerprint density at radius 3 is 2.19 bits per heavy atom. The van der Waals surface area contributed by atoms with Crippen molar-refractivity contribution in [2.75, 3.05) is 10.6 Å². The van der Waals surface area contributed by atoms with Crippen LogP contribution in [0, 0.1) is 5.92 Å². The zero-order valence-corrected chi connectivity index (χ0v) is 19.9. The summed E-state index contributed by atoms with van der Waals surface area (Å²) < 4.78 is 0. The van der Waals surface area contributed by atoms with Crippen molar-refractivity contribution in [3.05, 3.63) is 102 Å². The topological polar surface area (TPSA) is 116 Å². The van der Waals surface area contributed by atoms with E-state index in [9.17, 15) is 14.4 Å². The normalized spacial score (nSPS) is 11.7. The molecule has 0 saturated carbocycles. The number of allylic oxidation sites excluding steroid dienone is 1. The molecule has 0 spiro atoms. The summed E-state index contributed by atoms with van der Waals surface area (Å²) in [6.45, 7) is 0. The minimum Gasteiger partial charge on any atom is -0.481 e. The third kappa shape index (κ3) is 8.76. The summed E-state index contributed by atoms with van der Waals surface area (Å²) in [7, 11) is 0. The van der Waals surface area contributed by atoms with Gasteiger partial charge in [-0.25, -0.2) is 9.59 Å². The van der Waals surface area contributed by atoms with Crippen molar-refractivity contribution in [1.82, 2.24) is 0 Å². The van der Waals surface area contributed by atoms with Gasteiger partial charge in [0, 0.05) is 17.8 Å². The molecule has 0 radical (unpaired) electrons. The molecule has 0 heterocycles.